The van der Waals surface area contributed by atoms with E-state index in [-0.39, 0.29) is 17.7 Å². The highest BCUT2D eigenvalue weighted by Crippen LogP contribution is 2.24. The third-order valence-electron chi connectivity index (χ3n) is 4.46. The number of ether oxygens (including phenoxy) is 1. The third-order valence-corrected chi connectivity index (χ3v) is 4.46. The van der Waals surface area contributed by atoms with Crippen LogP contribution in [0, 0.1) is 11.3 Å². The number of likely N-dealkylation sites (tertiary alicyclic amines) is 1. The van der Waals surface area contributed by atoms with E-state index in [1.165, 1.54) is 7.11 Å². The number of rotatable bonds is 4. The SMILES string of the molecule is CCC(C)(NC(=O)C1CCCN(C(=O)C(C)(C)C)C1)C(=O)OC. The van der Waals surface area contributed by atoms with E-state index in [0.29, 0.717) is 19.5 Å². The second kappa shape index (κ2) is 7.32. The molecule has 0 saturated carbocycles. The molecule has 0 aromatic rings. The van der Waals surface area contributed by atoms with Gasteiger partial charge in [0.15, 0.2) is 0 Å². The van der Waals surface area contributed by atoms with Crippen LogP contribution in [0.4, 0.5) is 0 Å². The first-order valence-electron chi connectivity index (χ1n) is 8.25. The van der Waals surface area contributed by atoms with Crippen LogP contribution in [0.2, 0.25) is 0 Å². The number of carbonyl (C=O) groups excluding carboxylic acids is 3. The molecule has 1 N–H and O–H groups in total. The van der Waals surface area contributed by atoms with Crippen molar-refractivity contribution < 1.29 is 19.1 Å². The lowest BCUT2D eigenvalue weighted by atomic mass is 9.90. The minimum Gasteiger partial charge on any atom is -0.467 e. The summed E-state index contributed by atoms with van der Waals surface area (Å²) >= 11 is 0. The molecule has 0 bridgehead atoms. The van der Waals surface area contributed by atoms with Gasteiger partial charge in [0.05, 0.1) is 13.0 Å². The summed E-state index contributed by atoms with van der Waals surface area (Å²) in [5, 5.41) is 2.81. The van der Waals surface area contributed by atoms with E-state index in [4.69, 9.17) is 4.74 Å². The molecule has 1 heterocycles. The maximum atomic E-state index is 12.6. The molecule has 2 amide bonds. The van der Waals surface area contributed by atoms with E-state index < -0.39 is 16.9 Å². The Morgan fingerprint density at radius 1 is 1.22 bits per heavy atom. The van der Waals surface area contributed by atoms with Gasteiger partial charge < -0.3 is 15.0 Å². The average molecular weight is 326 g/mol. The Labute approximate surface area is 138 Å². The number of hydrogen-bond donors (Lipinski definition) is 1. The molecule has 0 spiro atoms. The Morgan fingerprint density at radius 2 is 1.83 bits per heavy atom. The van der Waals surface area contributed by atoms with Crippen LogP contribution < -0.4 is 5.32 Å². The summed E-state index contributed by atoms with van der Waals surface area (Å²) in [6.45, 7) is 10.2. The Hall–Kier alpha value is -1.59. The van der Waals surface area contributed by atoms with Gasteiger partial charge in [0.2, 0.25) is 11.8 Å². The average Bonchev–Trinajstić information content (AvgIpc) is 2.52. The minimum atomic E-state index is -1.03. The maximum Gasteiger partial charge on any atom is 0.331 e. The van der Waals surface area contributed by atoms with Crippen molar-refractivity contribution in [1.29, 1.82) is 0 Å². The minimum absolute atomic E-state index is 0.0567. The lowest BCUT2D eigenvalue weighted by Crippen LogP contribution is -2.56. The van der Waals surface area contributed by atoms with E-state index in [2.05, 4.69) is 5.32 Å². The van der Waals surface area contributed by atoms with E-state index >= 15 is 0 Å². The van der Waals surface area contributed by atoms with Gasteiger partial charge >= 0.3 is 5.97 Å². The van der Waals surface area contributed by atoms with Gasteiger partial charge in [-0.2, -0.15) is 0 Å². The summed E-state index contributed by atoms with van der Waals surface area (Å²) in [6, 6.07) is 0. The van der Waals surface area contributed by atoms with Crippen LogP contribution >= 0.6 is 0 Å². The summed E-state index contributed by atoms with van der Waals surface area (Å²) in [4.78, 5) is 38.6. The molecule has 132 valence electrons. The predicted molar refractivity (Wildman–Crippen MR) is 87.6 cm³/mol. The van der Waals surface area contributed by atoms with Crippen molar-refractivity contribution in [1.82, 2.24) is 10.2 Å². The molecule has 2 atom stereocenters. The number of nitrogens with one attached hydrogen (secondary N) is 1. The first kappa shape index (κ1) is 19.5. The number of carbonyl (C=O) groups is 3. The number of piperidine rings is 1. The Bertz CT molecular complexity index is 470. The highest BCUT2D eigenvalue weighted by molar-refractivity contribution is 5.89. The van der Waals surface area contributed by atoms with Gasteiger partial charge in [0, 0.05) is 18.5 Å². The first-order chi connectivity index (χ1) is 10.5. The normalized spacial score (nSPS) is 21.3. The Kier molecular flexibility index (Phi) is 6.19. The Balaban J connectivity index is 2.77. The van der Waals surface area contributed by atoms with Crippen LogP contribution in [-0.4, -0.2) is 48.4 Å². The molecule has 1 rings (SSSR count). The molecule has 2 unspecified atom stereocenters. The zero-order chi connectivity index (χ0) is 17.8. The lowest BCUT2D eigenvalue weighted by Gasteiger charge is -2.37. The van der Waals surface area contributed by atoms with Gasteiger partial charge in [-0.05, 0) is 26.2 Å². The first-order valence-corrected chi connectivity index (χ1v) is 8.25. The molecule has 1 fully saturated rings. The molecular formula is C17H30N2O4. The highest BCUT2D eigenvalue weighted by atomic mass is 16.5. The second-order valence-electron chi connectivity index (χ2n) is 7.51. The van der Waals surface area contributed by atoms with E-state index in [1.54, 1.807) is 11.8 Å². The van der Waals surface area contributed by atoms with E-state index in [9.17, 15) is 14.4 Å². The maximum absolute atomic E-state index is 12.6. The molecule has 1 aliphatic heterocycles. The number of methoxy groups -OCH3 is 1. The Morgan fingerprint density at radius 3 is 2.30 bits per heavy atom. The number of nitrogens with zero attached hydrogens (tertiary/aromatic N) is 1. The summed E-state index contributed by atoms with van der Waals surface area (Å²) in [6.07, 6.45) is 1.96. The van der Waals surface area contributed by atoms with E-state index in [1.807, 2.05) is 27.7 Å². The molecule has 1 aliphatic rings. The largest absolute Gasteiger partial charge is 0.467 e. The number of hydrogen-bond acceptors (Lipinski definition) is 4. The smallest absolute Gasteiger partial charge is 0.331 e. The molecule has 23 heavy (non-hydrogen) atoms. The van der Waals surface area contributed by atoms with Gasteiger partial charge in [0.1, 0.15) is 5.54 Å². The van der Waals surface area contributed by atoms with Crippen LogP contribution in [0.1, 0.15) is 53.9 Å². The zero-order valence-electron chi connectivity index (χ0n) is 15.2. The summed E-state index contributed by atoms with van der Waals surface area (Å²) < 4.78 is 4.78. The van der Waals surface area contributed by atoms with Crippen LogP contribution in [0.25, 0.3) is 0 Å². The molecule has 6 heteroatoms. The molecule has 6 nitrogen and oxygen atoms in total. The van der Waals surface area contributed by atoms with E-state index in [0.717, 1.165) is 12.8 Å². The van der Waals surface area contributed by atoms with Gasteiger partial charge in [-0.3, -0.25) is 9.59 Å². The topological polar surface area (TPSA) is 75.7 Å². The van der Waals surface area contributed by atoms with Crippen molar-refractivity contribution in [2.45, 2.75) is 59.4 Å². The van der Waals surface area contributed by atoms with Crippen molar-refractivity contribution in [3.63, 3.8) is 0 Å². The monoisotopic (exact) mass is 326 g/mol. The van der Waals surface area contributed by atoms with Crippen LogP contribution in [-0.2, 0) is 19.1 Å². The predicted octanol–water partition coefficient (Wildman–Crippen LogP) is 1.73. The molecule has 0 radical (unpaired) electrons. The van der Waals surface area contributed by atoms with Crippen LogP contribution in [0.15, 0.2) is 0 Å². The molecule has 0 aromatic carbocycles. The molecule has 1 saturated heterocycles. The van der Waals surface area contributed by atoms with Crippen molar-refractivity contribution in [2.75, 3.05) is 20.2 Å². The van der Waals surface area contributed by atoms with Gasteiger partial charge in [0.25, 0.3) is 0 Å². The fourth-order valence-electron chi connectivity index (χ4n) is 2.73. The standard InChI is InChI=1S/C17H30N2O4/c1-7-17(5,15(22)23-6)18-13(20)12-9-8-10-19(11-12)14(21)16(2,3)4/h12H,7-11H2,1-6H3,(H,18,20). The molecular weight excluding hydrogens is 296 g/mol. The summed E-state index contributed by atoms with van der Waals surface area (Å²) in [7, 11) is 1.31. The highest BCUT2D eigenvalue weighted by Gasteiger charge is 2.38. The zero-order valence-corrected chi connectivity index (χ0v) is 15.2. The third kappa shape index (κ3) is 4.69. The quantitative estimate of drug-likeness (QED) is 0.798. The summed E-state index contributed by atoms with van der Waals surface area (Å²) in [5.41, 5.74) is -1.48. The second-order valence-corrected chi connectivity index (χ2v) is 7.51. The van der Waals surface area contributed by atoms with Crippen molar-refractivity contribution in [2.24, 2.45) is 11.3 Å². The fraction of sp³-hybridized carbons (Fsp3) is 0.824. The van der Waals surface area contributed by atoms with Gasteiger partial charge in [-0.25, -0.2) is 4.79 Å². The van der Waals surface area contributed by atoms with Crippen molar-refractivity contribution in [3.8, 4) is 0 Å². The fourth-order valence-corrected chi connectivity index (χ4v) is 2.73. The van der Waals surface area contributed by atoms with Gasteiger partial charge in [-0.1, -0.05) is 27.7 Å². The number of esters is 1. The van der Waals surface area contributed by atoms with Crippen LogP contribution in [0.3, 0.4) is 0 Å². The summed E-state index contributed by atoms with van der Waals surface area (Å²) in [5.74, 6) is -0.871. The lowest BCUT2D eigenvalue weighted by molar-refractivity contribution is -0.152. The molecule has 0 aliphatic carbocycles. The van der Waals surface area contributed by atoms with Crippen molar-refractivity contribution in [3.05, 3.63) is 0 Å². The molecule has 0 aromatic heterocycles. The van der Waals surface area contributed by atoms with Crippen LogP contribution in [0.5, 0.6) is 0 Å². The van der Waals surface area contributed by atoms with Gasteiger partial charge in [-0.15, -0.1) is 0 Å². The number of amides is 2. The van der Waals surface area contributed by atoms with Crippen molar-refractivity contribution >= 4 is 17.8 Å².